The van der Waals surface area contributed by atoms with Gasteiger partial charge in [0.1, 0.15) is 5.52 Å². The fourth-order valence-electron chi connectivity index (χ4n) is 1.62. The molecule has 0 amide bonds. The number of imidazole rings is 1. The number of nitrogens with one attached hydrogen (secondary N) is 2. The molecule has 19 heavy (non-hydrogen) atoms. The van der Waals surface area contributed by atoms with Gasteiger partial charge in [-0.25, -0.2) is 4.98 Å². The van der Waals surface area contributed by atoms with Gasteiger partial charge in [-0.15, -0.1) is 0 Å². The van der Waals surface area contributed by atoms with E-state index in [1.54, 1.807) is 18.7 Å². The molecule has 0 spiro atoms. The Kier molecular flexibility index (Phi) is 2.96. The van der Waals surface area contributed by atoms with Crippen molar-refractivity contribution < 1.29 is 0 Å². The molecule has 0 aliphatic carbocycles. The number of aryl methyl sites for hydroxylation is 1. The SMILES string of the molecule is Cc1cnc(CNc2nc(Cl)nc3nc[nH]c23)cn1. The van der Waals surface area contributed by atoms with Crippen LogP contribution in [0.3, 0.4) is 0 Å². The van der Waals surface area contributed by atoms with Gasteiger partial charge < -0.3 is 10.3 Å². The molecule has 8 heteroatoms. The predicted octanol–water partition coefficient (Wildman–Crippen LogP) is 1.72. The maximum atomic E-state index is 5.84. The Morgan fingerprint density at radius 2 is 2.11 bits per heavy atom. The van der Waals surface area contributed by atoms with E-state index in [1.807, 2.05) is 6.92 Å². The largest absolute Gasteiger partial charge is 0.362 e. The molecule has 0 aliphatic heterocycles. The van der Waals surface area contributed by atoms with Crippen LogP contribution in [0.4, 0.5) is 5.82 Å². The Morgan fingerprint density at radius 1 is 1.21 bits per heavy atom. The molecule has 0 saturated heterocycles. The van der Waals surface area contributed by atoms with Crippen molar-refractivity contribution >= 4 is 28.6 Å². The lowest BCUT2D eigenvalue weighted by Crippen LogP contribution is -2.05. The Bertz CT molecular complexity index is 707. The van der Waals surface area contributed by atoms with Gasteiger partial charge in [0.2, 0.25) is 5.28 Å². The summed E-state index contributed by atoms with van der Waals surface area (Å²) in [6.07, 6.45) is 4.98. The number of rotatable bonds is 3. The molecule has 3 heterocycles. The van der Waals surface area contributed by atoms with Crippen LogP contribution in [0.15, 0.2) is 18.7 Å². The summed E-state index contributed by atoms with van der Waals surface area (Å²) in [6, 6.07) is 0. The number of hydrogen-bond acceptors (Lipinski definition) is 6. The first-order valence-electron chi connectivity index (χ1n) is 5.60. The highest BCUT2D eigenvalue weighted by atomic mass is 35.5. The molecule has 0 aliphatic rings. The van der Waals surface area contributed by atoms with E-state index >= 15 is 0 Å². The maximum absolute atomic E-state index is 5.84. The van der Waals surface area contributed by atoms with Crippen LogP contribution in [-0.2, 0) is 6.54 Å². The van der Waals surface area contributed by atoms with E-state index in [1.165, 1.54) is 0 Å². The van der Waals surface area contributed by atoms with Gasteiger partial charge in [-0.3, -0.25) is 9.97 Å². The Hall–Kier alpha value is -2.28. The molecule has 0 atom stereocenters. The summed E-state index contributed by atoms with van der Waals surface area (Å²) < 4.78 is 0. The summed E-state index contributed by atoms with van der Waals surface area (Å²) >= 11 is 5.84. The predicted molar refractivity (Wildman–Crippen MR) is 70.8 cm³/mol. The molecule has 0 aromatic carbocycles. The smallest absolute Gasteiger partial charge is 0.226 e. The highest BCUT2D eigenvalue weighted by Crippen LogP contribution is 2.18. The molecule has 0 fully saturated rings. The van der Waals surface area contributed by atoms with Crippen molar-refractivity contribution in [1.29, 1.82) is 0 Å². The van der Waals surface area contributed by atoms with Crippen LogP contribution in [0, 0.1) is 6.92 Å². The first-order valence-corrected chi connectivity index (χ1v) is 5.98. The minimum absolute atomic E-state index is 0.150. The lowest BCUT2D eigenvalue weighted by atomic mass is 10.4. The molecular formula is C11H10ClN7. The molecule has 2 N–H and O–H groups in total. The fraction of sp³-hybridized carbons (Fsp3) is 0.182. The molecule has 3 rings (SSSR count). The van der Waals surface area contributed by atoms with Crippen molar-refractivity contribution in [3.8, 4) is 0 Å². The molecule has 7 nitrogen and oxygen atoms in total. The number of hydrogen-bond donors (Lipinski definition) is 2. The minimum Gasteiger partial charge on any atom is -0.362 e. The third-order valence-corrected chi connectivity index (χ3v) is 2.70. The fourth-order valence-corrected chi connectivity index (χ4v) is 1.78. The van der Waals surface area contributed by atoms with E-state index in [0.29, 0.717) is 23.5 Å². The number of anilines is 1. The van der Waals surface area contributed by atoms with Crippen molar-refractivity contribution in [2.75, 3.05) is 5.32 Å². The second-order valence-corrected chi connectivity index (χ2v) is 4.28. The highest BCUT2D eigenvalue weighted by molar-refractivity contribution is 6.28. The van der Waals surface area contributed by atoms with Crippen molar-refractivity contribution in [3.63, 3.8) is 0 Å². The Balaban J connectivity index is 1.85. The van der Waals surface area contributed by atoms with Crippen molar-refractivity contribution in [2.45, 2.75) is 13.5 Å². The van der Waals surface area contributed by atoms with Crippen LogP contribution in [0.2, 0.25) is 5.28 Å². The van der Waals surface area contributed by atoms with E-state index in [9.17, 15) is 0 Å². The molecule has 3 aromatic heterocycles. The summed E-state index contributed by atoms with van der Waals surface area (Å²) in [6.45, 7) is 2.39. The zero-order valence-electron chi connectivity index (χ0n) is 10.1. The summed E-state index contributed by atoms with van der Waals surface area (Å²) in [5, 5.41) is 3.29. The molecular weight excluding hydrogens is 266 g/mol. The normalized spacial score (nSPS) is 10.8. The summed E-state index contributed by atoms with van der Waals surface area (Å²) in [4.78, 5) is 23.6. The Morgan fingerprint density at radius 3 is 2.89 bits per heavy atom. The van der Waals surface area contributed by atoms with Gasteiger partial charge in [0, 0.05) is 6.20 Å². The van der Waals surface area contributed by atoms with Crippen LogP contribution in [0.5, 0.6) is 0 Å². The molecule has 0 unspecified atom stereocenters. The van der Waals surface area contributed by atoms with Crippen LogP contribution >= 0.6 is 11.6 Å². The second-order valence-electron chi connectivity index (χ2n) is 3.95. The third kappa shape index (κ3) is 2.45. The van der Waals surface area contributed by atoms with Crippen LogP contribution in [0.25, 0.3) is 11.2 Å². The van der Waals surface area contributed by atoms with Crippen molar-refractivity contribution in [2.24, 2.45) is 0 Å². The number of aromatic amines is 1. The molecule has 0 bridgehead atoms. The highest BCUT2D eigenvalue weighted by Gasteiger charge is 2.08. The van der Waals surface area contributed by atoms with Crippen molar-refractivity contribution in [1.82, 2.24) is 29.9 Å². The van der Waals surface area contributed by atoms with Crippen LogP contribution < -0.4 is 5.32 Å². The van der Waals surface area contributed by atoms with Gasteiger partial charge >= 0.3 is 0 Å². The minimum atomic E-state index is 0.150. The lowest BCUT2D eigenvalue weighted by Gasteiger charge is -2.06. The van der Waals surface area contributed by atoms with Gasteiger partial charge in [-0.1, -0.05) is 0 Å². The summed E-state index contributed by atoms with van der Waals surface area (Å²) in [7, 11) is 0. The molecule has 96 valence electrons. The first-order chi connectivity index (χ1) is 9.22. The van der Waals surface area contributed by atoms with Gasteiger partial charge in [0.25, 0.3) is 0 Å². The first kappa shape index (κ1) is 11.8. The zero-order valence-corrected chi connectivity index (χ0v) is 10.8. The van der Waals surface area contributed by atoms with Gasteiger partial charge in [0.05, 0.1) is 30.5 Å². The third-order valence-electron chi connectivity index (χ3n) is 2.53. The average Bonchev–Trinajstić information content (AvgIpc) is 2.85. The van der Waals surface area contributed by atoms with Gasteiger partial charge in [-0.05, 0) is 18.5 Å². The van der Waals surface area contributed by atoms with Crippen LogP contribution in [-0.4, -0.2) is 29.9 Å². The molecule has 3 aromatic rings. The zero-order chi connectivity index (χ0) is 13.2. The average molecular weight is 276 g/mol. The summed E-state index contributed by atoms with van der Waals surface area (Å²) in [5.41, 5.74) is 2.93. The van der Waals surface area contributed by atoms with E-state index < -0.39 is 0 Å². The standard InChI is InChI=1S/C11H10ClN7/c1-6-2-14-7(3-13-6)4-15-9-8-10(17-5-16-8)19-11(12)18-9/h2-3,5H,4H2,1H3,(H2,15,16,17,18,19). The topological polar surface area (TPSA) is 92.3 Å². The van der Waals surface area contributed by atoms with Crippen molar-refractivity contribution in [3.05, 3.63) is 35.4 Å². The van der Waals surface area contributed by atoms with E-state index in [4.69, 9.17) is 11.6 Å². The molecule has 0 radical (unpaired) electrons. The number of fused-ring (bicyclic) bond motifs is 1. The second kappa shape index (κ2) is 4.77. The van der Waals surface area contributed by atoms with E-state index in [-0.39, 0.29) is 5.28 Å². The maximum Gasteiger partial charge on any atom is 0.226 e. The quantitative estimate of drug-likeness (QED) is 0.707. The number of aromatic nitrogens is 6. The van der Waals surface area contributed by atoms with E-state index in [0.717, 1.165) is 11.4 Å². The molecule has 0 saturated carbocycles. The Labute approximate surface area is 113 Å². The van der Waals surface area contributed by atoms with E-state index in [2.05, 4.69) is 35.2 Å². The summed E-state index contributed by atoms with van der Waals surface area (Å²) in [5.74, 6) is 0.592. The van der Waals surface area contributed by atoms with Gasteiger partial charge in [0.15, 0.2) is 11.5 Å². The lowest BCUT2D eigenvalue weighted by molar-refractivity contribution is 0.976. The van der Waals surface area contributed by atoms with Gasteiger partial charge in [-0.2, -0.15) is 9.97 Å². The van der Waals surface area contributed by atoms with Crippen LogP contribution in [0.1, 0.15) is 11.4 Å². The monoisotopic (exact) mass is 275 g/mol. The number of halogens is 1. The number of nitrogens with zero attached hydrogens (tertiary/aromatic N) is 5. The number of H-pyrrole nitrogens is 1.